The second kappa shape index (κ2) is 9.27. The number of carbonyl (C=O) groups is 2. The number of ether oxygens (including phenoxy) is 1. The number of amides is 2. The number of carbonyl (C=O) groups excluding carboxylic acids is 2. The Bertz CT molecular complexity index is 1110. The van der Waals surface area contributed by atoms with Crippen LogP contribution in [0.5, 0.6) is 0 Å². The van der Waals surface area contributed by atoms with Crippen molar-refractivity contribution in [2.45, 2.75) is 24.8 Å². The van der Waals surface area contributed by atoms with Gasteiger partial charge in [0.2, 0.25) is 11.8 Å². The van der Waals surface area contributed by atoms with Gasteiger partial charge in [0, 0.05) is 24.0 Å². The Labute approximate surface area is 181 Å². The molecule has 0 saturated heterocycles. The van der Waals surface area contributed by atoms with Crippen LogP contribution in [0.2, 0.25) is 0 Å². The first-order chi connectivity index (χ1) is 14.7. The molecule has 0 saturated carbocycles. The smallest absolute Gasteiger partial charge is 0.263 e. The minimum absolute atomic E-state index is 0.0538. The molecule has 0 aliphatic carbocycles. The van der Waals surface area contributed by atoms with Crippen molar-refractivity contribution in [1.82, 2.24) is 4.72 Å². The number of anilines is 2. The van der Waals surface area contributed by atoms with Crippen LogP contribution in [-0.2, 0) is 24.3 Å². The van der Waals surface area contributed by atoms with E-state index in [1.165, 1.54) is 13.2 Å². The maximum Gasteiger partial charge on any atom is 0.263 e. The molecule has 164 valence electrons. The Morgan fingerprint density at radius 1 is 1.03 bits per heavy atom. The van der Waals surface area contributed by atoms with Crippen LogP contribution in [-0.4, -0.2) is 45.8 Å². The number of aliphatic imine (C=N–C) groups is 1. The van der Waals surface area contributed by atoms with Gasteiger partial charge in [-0.05, 0) is 42.3 Å². The number of benzene rings is 2. The molecule has 0 unspecified atom stereocenters. The molecule has 0 radical (unpaired) electrons. The average molecular weight is 445 g/mol. The molecule has 3 rings (SSSR count). The molecule has 3 N–H and O–H groups in total. The normalized spacial score (nSPS) is 16.5. The molecule has 31 heavy (non-hydrogen) atoms. The summed E-state index contributed by atoms with van der Waals surface area (Å²) in [6.45, 7) is 3.61. The number of nitrogens with zero attached hydrogens (tertiary/aromatic N) is 1. The molecule has 1 aliphatic rings. The predicted molar refractivity (Wildman–Crippen MR) is 118 cm³/mol. The number of amidine groups is 1. The molecule has 2 aromatic rings. The van der Waals surface area contributed by atoms with Crippen molar-refractivity contribution in [2.75, 3.05) is 24.4 Å². The van der Waals surface area contributed by atoms with Crippen LogP contribution >= 0.6 is 0 Å². The van der Waals surface area contributed by atoms with E-state index in [2.05, 4.69) is 20.3 Å². The summed E-state index contributed by atoms with van der Waals surface area (Å²) in [7, 11) is -2.25. The minimum atomic E-state index is -3.69. The van der Waals surface area contributed by atoms with Crippen LogP contribution in [0.4, 0.5) is 11.4 Å². The quantitative estimate of drug-likeness (QED) is 0.602. The van der Waals surface area contributed by atoms with Crippen molar-refractivity contribution in [2.24, 2.45) is 10.9 Å². The van der Waals surface area contributed by atoms with Gasteiger partial charge in [-0.2, -0.15) is 0 Å². The monoisotopic (exact) mass is 444 g/mol. The second-order valence-corrected chi connectivity index (χ2v) is 8.97. The Hall–Kier alpha value is -3.24. The molecule has 1 heterocycles. The third-order valence-electron chi connectivity index (χ3n) is 4.54. The average Bonchev–Trinajstić information content (AvgIpc) is 2.98. The molecular weight excluding hydrogens is 420 g/mol. The Kier molecular flexibility index (Phi) is 6.71. The first-order valence-corrected chi connectivity index (χ1v) is 11.1. The Morgan fingerprint density at radius 3 is 2.26 bits per heavy atom. The van der Waals surface area contributed by atoms with Crippen LogP contribution in [0.1, 0.15) is 19.4 Å². The van der Waals surface area contributed by atoms with Crippen molar-refractivity contribution < 1.29 is 22.7 Å². The number of methoxy groups -OCH3 is 1. The summed E-state index contributed by atoms with van der Waals surface area (Å²) >= 11 is 0. The van der Waals surface area contributed by atoms with E-state index in [9.17, 15) is 18.0 Å². The van der Waals surface area contributed by atoms with Crippen LogP contribution in [0.25, 0.3) is 0 Å². The summed E-state index contributed by atoms with van der Waals surface area (Å²) < 4.78 is 31.8. The molecule has 1 aliphatic heterocycles. The van der Waals surface area contributed by atoms with E-state index in [0.29, 0.717) is 16.9 Å². The van der Waals surface area contributed by atoms with E-state index in [4.69, 9.17) is 4.74 Å². The lowest BCUT2D eigenvalue weighted by molar-refractivity contribution is -0.120. The third-order valence-corrected chi connectivity index (χ3v) is 5.94. The number of nitrogens with one attached hydrogen (secondary N) is 3. The van der Waals surface area contributed by atoms with E-state index >= 15 is 0 Å². The lowest BCUT2D eigenvalue weighted by Gasteiger charge is -2.17. The van der Waals surface area contributed by atoms with Crippen LogP contribution < -0.4 is 15.4 Å². The highest BCUT2D eigenvalue weighted by Gasteiger charge is 2.32. The molecule has 2 amide bonds. The Balaban J connectivity index is 1.76. The maximum absolute atomic E-state index is 12.9. The molecular formula is C21H24N4O5S. The van der Waals surface area contributed by atoms with E-state index < -0.39 is 16.1 Å². The second-order valence-electron chi connectivity index (χ2n) is 7.32. The van der Waals surface area contributed by atoms with Gasteiger partial charge in [0.05, 0.1) is 4.90 Å². The highest BCUT2D eigenvalue weighted by atomic mass is 32.2. The fourth-order valence-corrected chi connectivity index (χ4v) is 4.30. The van der Waals surface area contributed by atoms with Gasteiger partial charge < -0.3 is 15.4 Å². The van der Waals surface area contributed by atoms with Crippen molar-refractivity contribution >= 4 is 39.0 Å². The van der Waals surface area contributed by atoms with Gasteiger partial charge in [-0.15, -0.1) is 0 Å². The molecule has 0 fully saturated rings. The molecule has 10 heteroatoms. The lowest BCUT2D eigenvalue weighted by Crippen LogP contribution is -2.34. The molecule has 9 nitrogen and oxygen atoms in total. The van der Waals surface area contributed by atoms with Crippen molar-refractivity contribution in [3.05, 3.63) is 54.1 Å². The fourth-order valence-electron chi connectivity index (χ4n) is 3.06. The molecule has 0 bridgehead atoms. The fraction of sp³-hybridized carbons (Fsp3) is 0.286. The molecule has 0 spiro atoms. The number of hydrogen-bond acceptors (Lipinski definition) is 6. The van der Waals surface area contributed by atoms with Crippen molar-refractivity contribution in [3.8, 4) is 0 Å². The standard InChI is InChI=1S/C21H24N4O5S/c1-13(2)19(24-20-16-6-4-5-7-17(16)31(28,29)25-20)21(27)23-15-10-8-14(9-11-15)22-18(26)12-30-3/h4-11,13,19H,12H2,1-3H3,(H,22,26)(H,23,27)(H,24,25)/t19-/m0/s1. The van der Waals surface area contributed by atoms with Gasteiger partial charge in [0.1, 0.15) is 18.5 Å². The van der Waals surface area contributed by atoms with Gasteiger partial charge in [0.15, 0.2) is 0 Å². The summed E-state index contributed by atoms with van der Waals surface area (Å²) in [5, 5.41) is 5.45. The van der Waals surface area contributed by atoms with Gasteiger partial charge in [-0.25, -0.2) is 8.42 Å². The number of fused-ring (bicyclic) bond motifs is 1. The van der Waals surface area contributed by atoms with Gasteiger partial charge >= 0.3 is 0 Å². The zero-order chi connectivity index (χ0) is 22.6. The number of rotatable bonds is 7. The first-order valence-electron chi connectivity index (χ1n) is 9.61. The van der Waals surface area contributed by atoms with Gasteiger partial charge in [-0.3, -0.25) is 19.3 Å². The van der Waals surface area contributed by atoms with E-state index in [1.54, 1.807) is 42.5 Å². The van der Waals surface area contributed by atoms with Gasteiger partial charge in [-0.1, -0.05) is 26.0 Å². The topological polar surface area (TPSA) is 126 Å². The van der Waals surface area contributed by atoms with E-state index in [-0.39, 0.29) is 35.1 Å². The third kappa shape index (κ3) is 5.28. The summed E-state index contributed by atoms with van der Waals surface area (Å²) in [5.74, 6) is -0.686. The summed E-state index contributed by atoms with van der Waals surface area (Å²) in [4.78, 5) is 29.0. The zero-order valence-electron chi connectivity index (χ0n) is 17.4. The molecule has 0 aromatic heterocycles. The highest BCUT2D eigenvalue weighted by molar-refractivity contribution is 7.90. The van der Waals surface area contributed by atoms with Crippen molar-refractivity contribution in [1.29, 1.82) is 0 Å². The summed E-state index contributed by atoms with van der Waals surface area (Å²) in [6, 6.07) is 12.3. The largest absolute Gasteiger partial charge is 0.375 e. The molecule has 2 aromatic carbocycles. The zero-order valence-corrected chi connectivity index (χ0v) is 18.2. The van der Waals surface area contributed by atoms with Crippen LogP contribution in [0.15, 0.2) is 58.4 Å². The first kappa shape index (κ1) is 22.4. The Morgan fingerprint density at radius 2 is 1.65 bits per heavy atom. The minimum Gasteiger partial charge on any atom is -0.375 e. The SMILES string of the molecule is COCC(=O)Nc1ccc(NC(=O)[C@@H](N=C2NS(=O)(=O)c3ccccc32)C(C)C)cc1. The highest BCUT2D eigenvalue weighted by Crippen LogP contribution is 2.24. The predicted octanol–water partition coefficient (Wildman–Crippen LogP) is 1.97. The van der Waals surface area contributed by atoms with Crippen LogP contribution in [0, 0.1) is 5.92 Å². The number of sulfonamides is 1. The summed E-state index contributed by atoms with van der Waals surface area (Å²) in [5.41, 5.74) is 1.53. The lowest BCUT2D eigenvalue weighted by atomic mass is 10.0. The van der Waals surface area contributed by atoms with Crippen LogP contribution in [0.3, 0.4) is 0 Å². The van der Waals surface area contributed by atoms with Crippen molar-refractivity contribution in [3.63, 3.8) is 0 Å². The number of hydrogen-bond donors (Lipinski definition) is 3. The van der Waals surface area contributed by atoms with E-state index in [0.717, 1.165) is 0 Å². The maximum atomic E-state index is 12.9. The molecule has 1 atom stereocenters. The van der Waals surface area contributed by atoms with E-state index in [1.807, 2.05) is 13.8 Å². The summed E-state index contributed by atoms with van der Waals surface area (Å²) in [6.07, 6.45) is 0. The van der Waals surface area contributed by atoms with Gasteiger partial charge in [0.25, 0.3) is 10.0 Å².